The Morgan fingerprint density at radius 1 is 1.21 bits per heavy atom. The van der Waals surface area contributed by atoms with Crippen molar-refractivity contribution in [2.75, 3.05) is 13.7 Å². The van der Waals surface area contributed by atoms with Crippen LogP contribution in [0.1, 0.15) is 37.7 Å². The second kappa shape index (κ2) is 6.26. The van der Waals surface area contributed by atoms with Gasteiger partial charge in [0.25, 0.3) is 0 Å². The van der Waals surface area contributed by atoms with Gasteiger partial charge in [0.15, 0.2) is 0 Å². The normalized spacial score (nSPS) is 18.1. The van der Waals surface area contributed by atoms with Crippen LogP contribution >= 0.6 is 0 Å². The molecule has 1 aromatic rings. The average Bonchev–Trinajstić information content (AvgIpc) is 2.45. The molecule has 0 spiro atoms. The molecule has 1 aliphatic carbocycles. The zero-order valence-corrected chi connectivity index (χ0v) is 11.4. The number of hydrogen-bond acceptors (Lipinski definition) is 4. The van der Waals surface area contributed by atoms with Crippen LogP contribution in [0.3, 0.4) is 0 Å². The van der Waals surface area contributed by atoms with E-state index in [1.165, 1.54) is 6.42 Å². The molecule has 2 N–H and O–H groups in total. The van der Waals surface area contributed by atoms with Crippen LogP contribution in [0.4, 0.5) is 0 Å². The average molecular weight is 266 g/mol. The van der Waals surface area contributed by atoms with Gasteiger partial charge >= 0.3 is 0 Å². The fourth-order valence-electron chi connectivity index (χ4n) is 2.51. The molecule has 2 rings (SSSR count). The van der Waals surface area contributed by atoms with Gasteiger partial charge in [0.2, 0.25) is 0 Å². The zero-order chi connectivity index (χ0) is 13.7. The number of aliphatic hydroxyl groups is 2. The van der Waals surface area contributed by atoms with E-state index < -0.39 is 5.60 Å². The van der Waals surface area contributed by atoms with Crippen LogP contribution in [0.2, 0.25) is 0 Å². The molecule has 4 nitrogen and oxygen atoms in total. The maximum atomic E-state index is 10.4. The lowest BCUT2D eigenvalue weighted by Gasteiger charge is -2.32. The third-order valence-corrected chi connectivity index (χ3v) is 3.72. The van der Waals surface area contributed by atoms with Crippen molar-refractivity contribution >= 4 is 0 Å². The van der Waals surface area contributed by atoms with Gasteiger partial charge in [-0.05, 0) is 31.0 Å². The van der Waals surface area contributed by atoms with Crippen molar-refractivity contribution in [2.24, 2.45) is 0 Å². The zero-order valence-electron chi connectivity index (χ0n) is 11.4. The molecule has 106 valence electrons. The molecule has 0 atom stereocenters. The summed E-state index contributed by atoms with van der Waals surface area (Å²) in [4.78, 5) is 0. The first kappa shape index (κ1) is 14.2. The molecule has 0 unspecified atom stereocenters. The first-order valence-electron chi connectivity index (χ1n) is 6.80. The Hall–Kier alpha value is -1.26. The Morgan fingerprint density at radius 3 is 2.58 bits per heavy atom. The minimum Gasteiger partial charge on any atom is -0.497 e. The predicted octanol–water partition coefficient (Wildman–Crippen LogP) is 2.26. The van der Waals surface area contributed by atoms with E-state index in [2.05, 4.69) is 0 Å². The third-order valence-electron chi connectivity index (χ3n) is 3.72. The van der Waals surface area contributed by atoms with Gasteiger partial charge in [-0.2, -0.15) is 0 Å². The number of rotatable bonds is 5. The molecule has 4 heteroatoms. The van der Waals surface area contributed by atoms with Gasteiger partial charge < -0.3 is 19.7 Å². The van der Waals surface area contributed by atoms with Crippen LogP contribution in [0, 0.1) is 0 Å². The quantitative estimate of drug-likeness (QED) is 0.858. The second-order valence-electron chi connectivity index (χ2n) is 5.21. The topological polar surface area (TPSA) is 58.9 Å². The maximum Gasteiger partial charge on any atom is 0.125 e. The number of methoxy groups -OCH3 is 1. The van der Waals surface area contributed by atoms with Crippen LogP contribution in [-0.4, -0.2) is 29.5 Å². The van der Waals surface area contributed by atoms with Gasteiger partial charge in [0, 0.05) is 5.56 Å². The first-order valence-corrected chi connectivity index (χ1v) is 6.80. The smallest absolute Gasteiger partial charge is 0.125 e. The highest BCUT2D eigenvalue weighted by molar-refractivity contribution is 5.39. The molecule has 1 fully saturated rings. The Bertz CT molecular complexity index is 411. The highest BCUT2D eigenvalue weighted by atomic mass is 16.5. The number of hydrogen-bond donors (Lipinski definition) is 2. The summed E-state index contributed by atoms with van der Waals surface area (Å²) < 4.78 is 10.8. The summed E-state index contributed by atoms with van der Waals surface area (Å²) in [6, 6.07) is 5.32. The summed E-state index contributed by atoms with van der Waals surface area (Å²) in [5.74, 6) is 1.30. The molecule has 1 saturated carbocycles. The fourth-order valence-corrected chi connectivity index (χ4v) is 2.51. The molecule has 0 radical (unpaired) electrons. The molecule has 1 aliphatic rings. The van der Waals surface area contributed by atoms with E-state index in [4.69, 9.17) is 9.47 Å². The lowest BCUT2D eigenvalue weighted by Crippen LogP contribution is -2.38. The highest BCUT2D eigenvalue weighted by Crippen LogP contribution is 2.30. The van der Waals surface area contributed by atoms with Crippen molar-refractivity contribution in [3.63, 3.8) is 0 Å². The molecule has 0 aliphatic heterocycles. The monoisotopic (exact) mass is 266 g/mol. The summed E-state index contributed by atoms with van der Waals surface area (Å²) in [6.45, 7) is 0.178. The lowest BCUT2D eigenvalue weighted by molar-refractivity contribution is -0.0343. The fraction of sp³-hybridized carbons (Fsp3) is 0.600. The van der Waals surface area contributed by atoms with Crippen molar-refractivity contribution in [1.82, 2.24) is 0 Å². The van der Waals surface area contributed by atoms with Crippen LogP contribution in [0.25, 0.3) is 0 Å². The second-order valence-corrected chi connectivity index (χ2v) is 5.21. The SMILES string of the molecule is COc1ccc(OCC2(O)CCCCC2)c(CO)c1. The first-order chi connectivity index (χ1) is 9.17. The summed E-state index contributed by atoms with van der Waals surface area (Å²) in [5, 5.41) is 19.7. The summed E-state index contributed by atoms with van der Waals surface area (Å²) in [6.07, 6.45) is 4.87. The Labute approximate surface area is 114 Å². The van der Waals surface area contributed by atoms with Gasteiger partial charge in [-0.15, -0.1) is 0 Å². The van der Waals surface area contributed by atoms with E-state index in [0.29, 0.717) is 17.1 Å². The molecule has 0 amide bonds. The molecule has 0 bridgehead atoms. The summed E-state index contributed by atoms with van der Waals surface area (Å²) >= 11 is 0. The van der Waals surface area contributed by atoms with Gasteiger partial charge in [-0.1, -0.05) is 19.3 Å². The van der Waals surface area contributed by atoms with Crippen molar-refractivity contribution in [1.29, 1.82) is 0 Å². The van der Waals surface area contributed by atoms with Crippen molar-refractivity contribution < 1.29 is 19.7 Å². The number of aliphatic hydroxyl groups excluding tert-OH is 1. The van der Waals surface area contributed by atoms with E-state index in [-0.39, 0.29) is 13.2 Å². The van der Waals surface area contributed by atoms with Crippen molar-refractivity contribution in [3.05, 3.63) is 23.8 Å². The minimum absolute atomic E-state index is 0.106. The Kier molecular flexibility index (Phi) is 4.66. The Morgan fingerprint density at radius 2 is 1.95 bits per heavy atom. The van der Waals surface area contributed by atoms with Crippen molar-refractivity contribution in [3.8, 4) is 11.5 Å². The van der Waals surface area contributed by atoms with E-state index in [0.717, 1.165) is 25.7 Å². The van der Waals surface area contributed by atoms with Crippen LogP contribution in [0.15, 0.2) is 18.2 Å². The highest BCUT2D eigenvalue weighted by Gasteiger charge is 2.30. The van der Waals surface area contributed by atoms with E-state index in [9.17, 15) is 10.2 Å². The molecule has 19 heavy (non-hydrogen) atoms. The molecule has 1 aromatic carbocycles. The predicted molar refractivity (Wildman–Crippen MR) is 72.4 cm³/mol. The van der Waals surface area contributed by atoms with Crippen LogP contribution < -0.4 is 9.47 Å². The van der Waals surface area contributed by atoms with E-state index in [1.54, 1.807) is 25.3 Å². The van der Waals surface area contributed by atoms with E-state index >= 15 is 0 Å². The lowest BCUT2D eigenvalue weighted by atomic mass is 9.85. The summed E-state index contributed by atoms with van der Waals surface area (Å²) in [7, 11) is 1.59. The largest absolute Gasteiger partial charge is 0.497 e. The third kappa shape index (κ3) is 3.61. The standard InChI is InChI=1S/C15H22O4/c1-18-13-5-6-14(12(9-13)10-16)19-11-15(17)7-3-2-4-8-15/h5-6,9,16-17H,2-4,7-8,10-11H2,1H3. The van der Waals surface area contributed by atoms with Crippen LogP contribution in [0.5, 0.6) is 11.5 Å². The minimum atomic E-state index is -0.717. The summed E-state index contributed by atoms with van der Waals surface area (Å²) in [5.41, 5.74) is -0.0380. The van der Waals surface area contributed by atoms with Crippen LogP contribution in [-0.2, 0) is 6.61 Å². The molecular weight excluding hydrogens is 244 g/mol. The number of benzene rings is 1. The molecular formula is C15H22O4. The van der Waals surface area contributed by atoms with Gasteiger partial charge in [0.05, 0.1) is 19.3 Å². The number of ether oxygens (including phenoxy) is 2. The van der Waals surface area contributed by atoms with Gasteiger partial charge in [-0.3, -0.25) is 0 Å². The van der Waals surface area contributed by atoms with Crippen molar-refractivity contribution in [2.45, 2.75) is 44.3 Å². The molecule has 0 saturated heterocycles. The maximum absolute atomic E-state index is 10.4. The van der Waals surface area contributed by atoms with Gasteiger partial charge in [-0.25, -0.2) is 0 Å². The molecule has 0 aromatic heterocycles. The molecule has 0 heterocycles. The van der Waals surface area contributed by atoms with E-state index in [1.807, 2.05) is 0 Å². The van der Waals surface area contributed by atoms with Gasteiger partial charge in [0.1, 0.15) is 18.1 Å². The Balaban J connectivity index is 2.02.